The second-order valence-corrected chi connectivity index (χ2v) is 3.04. The summed E-state index contributed by atoms with van der Waals surface area (Å²) in [6, 6.07) is 3.01. The fourth-order valence-corrected chi connectivity index (χ4v) is 1.11. The summed E-state index contributed by atoms with van der Waals surface area (Å²) in [5, 5.41) is 18.7. The van der Waals surface area contributed by atoms with Crippen molar-refractivity contribution in [3.05, 3.63) is 35.9 Å². The molecule has 0 aliphatic heterocycles. The standard InChI is InChI=1S/C11H12O4/c1-3-10(13)15-6-8-7(2)4-5-9(12)11(8)14/h3-5,12,14H,1,6H2,2H3. The monoisotopic (exact) mass is 208 g/mol. The lowest BCUT2D eigenvalue weighted by molar-refractivity contribution is -0.139. The van der Waals surface area contributed by atoms with Gasteiger partial charge in [-0.1, -0.05) is 12.6 Å². The third-order valence-corrected chi connectivity index (χ3v) is 2.02. The van der Waals surface area contributed by atoms with Gasteiger partial charge in [-0.15, -0.1) is 0 Å². The van der Waals surface area contributed by atoms with E-state index in [4.69, 9.17) is 4.74 Å². The average molecular weight is 208 g/mol. The molecule has 1 aromatic rings. The lowest BCUT2D eigenvalue weighted by Gasteiger charge is -2.09. The molecule has 0 aliphatic carbocycles. The summed E-state index contributed by atoms with van der Waals surface area (Å²) >= 11 is 0. The van der Waals surface area contributed by atoms with Crippen molar-refractivity contribution in [1.29, 1.82) is 0 Å². The number of aromatic hydroxyl groups is 2. The fraction of sp³-hybridized carbons (Fsp3) is 0.182. The number of aryl methyl sites for hydroxylation is 1. The van der Waals surface area contributed by atoms with E-state index >= 15 is 0 Å². The van der Waals surface area contributed by atoms with Crippen LogP contribution in [0.3, 0.4) is 0 Å². The van der Waals surface area contributed by atoms with E-state index in [-0.39, 0.29) is 18.1 Å². The van der Waals surface area contributed by atoms with Crippen LogP contribution < -0.4 is 0 Å². The highest BCUT2D eigenvalue weighted by molar-refractivity contribution is 5.81. The largest absolute Gasteiger partial charge is 0.504 e. The topological polar surface area (TPSA) is 66.8 Å². The van der Waals surface area contributed by atoms with Gasteiger partial charge in [0.1, 0.15) is 6.61 Å². The molecule has 15 heavy (non-hydrogen) atoms. The van der Waals surface area contributed by atoms with Crippen LogP contribution in [0.5, 0.6) is 11.5 Å². The second kappa shape index (κ2) is 4.50. The normalized spacial score (nSPS) is 9.67. The number of carbonyl (C=O) groups is 1. The average Bonchev–Trinajstić information content (AvgIpc) is 2.23. The molecule has 0 amide bonds. The van der Waals surface area contributed by atoms with Crippen molar-refractivity contribution in [2.24, 2.45) is 0 Å². The molecule has 0 unspecified atom stereocenters. The highest BCUT2D eigenvalue weighted by atomic mass is 16.5. The summed E-state index contributed by atoms with van der Waals surface area (Å²) in [6.45, 7) is 4.91. The molecule has 4 heteroatoms. The number of esters is 1. The number of carbonyl (C=O) groups excluding carboxylic acids is 1. The Balaban J connectivity index is 2.89. The SMILES string of the molecule is C=CC(=O)OCc1c(C)ccc(O)c1O. The maximum Gasteiger partial charge on any atom is 0.330 e. The van der Waals surface area contributed by atoms with Crippen molar-refractivity contribution in [3.63, 3.8) is 0 Å². The summed E-state index contributed by atoms with van der Waals surface area (Å²) < 4.78 is 4.77. The molecule has 1 aromatic carbocycles. The van der Waals surface area contributed by atoms with Gasteiger partial charge in [0.25, 0.3) is 0 Å². The van der Waals surface area contributed by atoms with Gasteiger partial charge in [0.2, 0.25) is 0 Å². The quantitative estimate of drug-likeness (QED) is 0.450. The number of hydrogen-bond donors (Lipinski definition) is 2. The minimum atomic E-state index is -0.572. The summed E-state index contributed by atoms with van der Waals surface area (Å²) in [6.07, 6.45) is 1.04. The highest BCUT2D eigenvalue weighted by Gasteiger charge is 2.10. The third kappa shape index (κ3) is 2.49. The van der Waals surface area contributed by atoms with E-state index in [1.807, 2.05) is 0 Å². The molecule has 0 atom stereocenters. The maximum atomic E-state index is 10.8. The van der Waals surface area contributed by atoms with Gasteiger partial charge < -0.3 is 14.9 Å². The molecule has 4 nitrogen and oxygen atoms in total. The number of benzene rings is 1. The first kappa shape index (κ1) is 11.1. The molecule has 0 heterocycles. The van der Waals surface area contributed by atoms with E-state index < -0.39 is 5.97 Å². The fourth-order valence-electron chi connectivity index (χ4n) is 1.11. The zero-order valence-electron chi connectivity index (χ0n) is 8.36. The minimum absolute atomic E-state index is 0.0864. The van der Waals surface area contributed by atoms with E-state index in [1.165, 1.54) is 6.07 Å². The molecule has 0 saturated carbocycles. The Bertz CT molecular complexity index is 396. The van der Waals surface area contributed by atoms with Crippen LogP contribution in [0.25, 0.3) is 0 Å². The van der Waals surface area contributed by atoms with Gasteiger partial charge in [0, 0.05) is 11.6 Å². The van der Waals surface area contributed by atoms with E-state index in [2.05, 4.69) is 6.58 Å². The Labute approximate surface area is 87.4 Å². The molecule has 0 spiro atoms. The molecular formula is C11H12O4. The van der Waals surface area contributed by atoms with Crippen molar-refractivity contribution in [2.45, 2.75) is 13.5 Å². The van der Waals surface area contributed by atoms with Crippen LogP contribution in [0.2, 0.25) is 0 Å². The van der Waals surface area contributed by atoms with Crippen molar-refractivity contribution in [1.82, 2.24) is 0 Å². The third-order valence-electron chi connectivity index (χ3n) is 2.02. The number of hydrogen-bond acceptors (Lipinski definition) is 4. The maximum absolute atomic E-state index is 10.8. The van der Waals surface area contributed by atoms with Gasteiger partial charge in [-0.3, -0.25) is 0 Å². The number of ether oxygens (including phenoxy) is 1. The predicted octanol–water partition coefficient (Wildman–Crippen LogP) is 1.64. The first-order valence-electron chi connectivity index (χ1n) is 4.36. The van der Waals surface area contributed by atoms with E-state index in [0.29, 0.717) is 5.56 Å². The van der Waals surface area contributed by atoms with Crippen LogP contribution in [0, 0.1) is 6.92 Å². The molecule has 0 fully saturated rings. The van der Waals surface area contributed by atoms with E-state index in [0.717, 1.165) is 11.6 Å². The summed E-state index contributed by atoms with van der Waals surface area (Å²) in [5.74, 6) is -1.06. The predicted molar refractivity (Wildman–Crippen MR) is 54.5 cm³/mol. The van der Waals surface area contributed by atoms with Crippen molar-refractivity contribution in [2.75, 3.05) is 0 Å². The lowest BCUT2D eigenvalue weighted by Crippen LogP contribution is -2.01. The van der Waals surface area contributed by atoms with E-state index in [9.17, 15) is 15.0 Å². The van der Waals surface area contributed by atoms with Crippen LogP contribution in [-0.4, -0.2) is 16.2 Å². The molecule has 1 rings (SSSR count). The van der Waals surface area contributed by atoms with Gasteiger partial charge >= 0.3 is 5.97 Å². The summed E-state index contributed by atoms with van der Waals surface area (Å²) in [5.41, 5.74) is 1.13. The van der Waals surface area contributed by atoms with Crippen LogP contribution in [0.15, 0.2) is 24.8 Å². The smallest absolute Gasteiger partial charge is 0.330 e. The Morgan fingerprint density at radius 3 is 2.80 bits per heavy atom. The molecular weight excluding hydrogens is 196 g/mol. The summed E-state index contributed by atoms with van der Waals surface area (Å²) in [7, 11) is 0. The molecule has 2 N–H and O–H groups in total. The Hall–Kier alpha value is -1.97. The van der Waals surface area contributed by atoms with E-state index in [1.54, 1.807) is 13.0 Å². The molecule has 0 radical (unpaired) electrons. The minimum Gasteiger partial charge on any atom is -0.504 e. The van der Waals surface area contributed by atoms with Gasteiger partial charge in [0.05, 0.1) is 0 Å². The Kier molecular flexibility index (Phi) is 3.33. The number of phenolic OH excluding ortho intramolecular Hbond substituents is 2. The van der Waals surface area contributed by atoms with Crippen LogP contribution in [0.4, 0.5) is 0 Å². The van der Waals surface area contributed by atoms with Crippen LogP contribution in [0.1, 0.15) is 11.1 Å². The van der Waals surface area contributed by atoms with Crippen molar-refractivity contribution < 1.29 is 19.7 Å². The van der Waals surface area contributed by atoms with Crippen LogP contribution >= 0.6 is 0 Å². The summed E-state index contributed by atoms with van der Waals surface area (Å²) in [4.78, 5) is 10.8. The first-order chi connectivity index (χ1) is 7.06. The molecule has 0 aromatic heterocycles. The van der Waals surface area contributed by atoms with Gasteiger partial charge in [0.15, 0.2) is 11.5 Å². The molecule has 0 saturated heterocycles. The Morgan fingerprint density at radius 2 is 2.20 bits per heavy atom. The molecule has 0 aliphatic rings. The first-order valence-corrected chi connectivity index (χ1v) is 4.36. The highest BCUT2D eigenvalue weighted by Crippen LogP contribution is 2.31. The lowest BCUT2D eigenvalue weighted by atomic mass is 10.1. The molecule has 0 bridgehead atoms. The van der Waals surface area contributed by atoms with Crippen LogP contribution in [-0.2, 0) is 16.1 Å². The second-order valence-electron chi connectivity index (χ2n) is 3.04. The van der Waals surface area contributed by atoms with Gasteiger partial charge in [-0.2, -0.15) is 0 Å². The van der Waals surface area contributed by atoms with Crippen molar-refractivity contribution in [3.8, 4) is 11.5 Å². The number of rotatable bonds is 3. The van der Waals surface area contributed by atoms with Gasteiger partial charge in [-0.05, 0) is 18.6 Å². The number of phenols is 2. The van der Waals surface area contributed by atoms with Crippen molar-refractivity contribution >= 4 is 5.97 Å². The Morgan fingerprint density at radius 1 is 1.53 bits per heavy atom. The zero-order chi connectivity index (χ0) is 11.4. The zero-order valence-corrected chi connectivity index (χ0v) is 8.36. The molecule has 80 valence electrons. The van der Waals surface area contributed by atoms with Gasteiger partial charge in [-0.25, -0.2) is 4.79 Å².